The zero-order valence-electron chi connectivity index (χ0n) is 44.9. The van der Waals surface area contributed by atoms with E-state index in [0.29, 0.717) is 35.5 Å². The normalized spacial score (nSPS) is 17.2. The number of rotatable bonds is 15. The van der Waals surface area contributed by atoms with Gasteiger partial charge in [-0.3, -0.25) is 0 Å². The quantitative estimate of drug-likeness (QED) is 0.0898. The SMILES string of the molecule is CCCC1=Cc2c(ccc(C(C)C)c2-c2cc(C(C)C)cc(C(C)C)c2)[CH]1[Zr]([Cl])([Cl])([c]1cccc2c1[SiH2]c1ccccc1-2)[CH]1C(CCC)=Cc2c1ccc(C(C)C)c2-c1cc(C(C)C)cc(C(C)C)c1. The molecule has 6 aromatic rings. The maximum absolute atomic E-state index is 9.66. The van der Waals surface area contributed by atoms with Crippen LogP contribution in [0.4, 0.5) is 0 Å². The van der Waals surface area contributed by atoms with Crippen LogP contribution in [0.3, 0.4) is 0 Å². The van der Waals surface area contributed by atoms with Crippen molar-refractivity contribution < 1.29 is 16.4 Å². The van der Waals surface area contributed by atoms with Crippen LogP contribution in [0.15, 0.2) is 114 Å². The molecule has 0 saturated carbocycles. The molecule has 0 N–H and O–H groups in total. The van der Waals surface area contributed by atoms with Crippen molar-refractivity contribution in [3.05, 3.63) is 170 Å². The summed E-state index contributed by atoms with van der Waals surface area (Å²) in [5.41, 5.74) is 24.9. The molecule has 0 radical (unpaired) electrons. The van der Waals surface area contributed by atoms with E-state index in [0.717, 1.165) is 25.7 Å². The summed E-state index contributed by atoms with van der Waals surface area (Å²) in [5, 5.41) is 3.00. The Morgan fingerprint density at radius 1 is 0.471 bits per heavy atom. The Hall–Kier alpha value is -3.52. The molecule has 0 amide bonds. The molecule has 2 unspecified atom stereocenters. The molecule has 6 aromatic carbocycles. The fraction of sp³-hybridized carbons (Fsp3) is 0.394. The van der Waals surface area contributed by atoms with E-state index in [-0.39, 0.29) is 7.25 Å². The molecule has 0 fully saturated rings. The summed E-state index contributed by atoms with van der Waals surface area (Å²) >= 11 is -5.79. The number of hydrogen-bond donors (Lipinski definition) is 0. The maximum atomic E-state index is 9.66. The van der Waals surface area contributed by atoms with Crippen LogP contribution in [0.2, 0.25) is 0 Å². The first kappa shape index (κ1) is 51.4. The first-order chi connectivity index (χ1) is 33.3. The van der Waals surface area contributed by atoms with E-state index in [1.54, 1.807) is 0 Å². The third-order valence-corrected chi connectivity index (χ3v) is 39.4. The topological polar surface area (TPSA) is 0 Å². The van der Waals surface area contributed by atoms with E-state index in [9.17, 15) is 17.0 Å². The fourth-order valence-corrected chi connectivity index (χ4v) is 41.0. The second-order valence-corrected chi connectivity index (χ2v) is 45.8. The molecule has 3 aliphatic rings. The first-order valence-electron chi connectivity index (χ1n) is 27.1. The second-order valence-electron chi connectivity index (χ2n) is 23.4. The molecule has 70 heavy (non-hydrogen) atoms. The molecule has 365 valence electrons. The van der Waals surface area contributed by atoms with E-state index in [2.05, 4.69) is 212 Å². The van der Waals surface area contributed by atoms with Crippen LogP contribution in [0.25, 0.3) is 45.5 Å². The van der Waals surface area contributed by atoms with Crippen LogP contribution in [-0.4, -0.2) is 9.52 Å². The van der Waals surface area contributed by atoms with Crippen LogP contribution in [0.1, 0.15) is 221 Å². The number of hydrogen-bond acceptors (Lipinski definition) is 0. The molecule has 2 aliphatic carbocycles. The van der Waals surface area contributed by atoms with Crippen molar-refractivity contribution in [1.82, 2.24) is 0 Å². The summed E-state index contributed by atoms with van der Waals surface area (Å²) < 4.78 is 1.10. The van der Waals surface area contributed by atoms with Crippen molar-refractivity contribution in [1.29, 1.82) is 0 Å². The Kier molecular flexibility index (Phi) is 14.5. The zero-order valence-corrected chi connectivity index (χ0v) is 50.3. The molecule has 1 aliphatic heterocycles. The summed E-state index contributed by atoms with van der Waals surface area (Å²) in [6.45, 7) is 32.9. The van der Waals surface area contributed by atoms with E-state index in [1.165, 1.54) is 114 Å². The standard InChI is InChI=1S/2C27H35.C12H9Si.2ClH.Zr/c2*1-8-9-20-12-21-10-11-25(19(6)7)27(26(21)13-20)24-15-22(17(2)3)14-23(16-24)18(4)5;1-3-7-11-9(5-1)10-6-2-4-8-12(10)13-11;;;/h2*10-19H,8-9H2,1-7H3;1-7H,13H2;2*1H;/q;;;;;+2/p-2. The van der Waals surface area contributed by atoms with E-state index in [1.807, 2.05) is 0 Å². The van der Waals surface area contributed by atoms with Crippen molar-refractivity contribution in [2.75, 3.05) is 0 Å². The Morgan fingerprint density at radius 3 is 1.29 bits per heavy atom. The van der Waals surface area contributed by atoms with Gasteiger partial charge in [0, 0.05) is 0 Å². The minimum absolute atomic E-state index is 0.108. The summed E-state index contributed by atoms with van der Waals surface area (Å²) in [6.07, 6.45) is 9.21. The molecule has 4 heteroatoms. The Bertz CT molecular complexity index is 2860. The van der Waals surface area contributed by atoms with Gasteiger partial charge in [0.2, 0.25) is 0 Å². The molecule has 9 rings (SSSR count). The predicted octanol–water partition coefficient (Wildman–Crippen LogP) is 18.4. The number of benzene rings is 6. The first-order valence-corrected chi connectivity index (χ1v) is 38.9. The molecule has 0 bridgehead atoms. The Morgan fingerprint density at radius 2 is 0.886 bits per heavy atom. The van der Waals surface area contributed by atoms with Gasteiger partial charge in [0.1, 0.15) is 0 Å². The molecule has 1 heterocycles. The molecule has 0 aromatic heterocycles. The molecule has 2 atom stereocenters. The minimum atomic E-state index is -5.79. The Balaban J connectivity index is 1.41. The van der Waals surface area contributed by atoms with Crippen molar-refractivity contribution in [3.8, 4) is 33.4 Å². The summed E-state index contributed by atoms with van der Waals surface area (Å²) in [7, 11) is 18.4. The van der Waals surface area contributed by atoms with Gasteiger partial charge in [-0.15, -0.1) is 0 Å². The summed E-state index contributed by atoms with van der Waals surface area (Å²) in [4.78, 5) is 0. The van der Waals surface area contributed by atoms with Gasteiger partial charge in [-0.25, -0.2) is 0 Å². The van der Waals surface area contributed by atoms with Crippen LogP contribution in [0.5, 0.6) is 0 Å². The van der Waals surface area contributed by atoms with Gasteiger partial charge in [-0.2, -0.15) is 0 Å². The van der Waals surface area contributed by atoms with E-state index >= 15 is 0 Å². The van der Waals surface area contributed by atoms with Crippen molar-refractivity contribution >= 4 is 52.3 Å². The number of allylic oxidation sites excluding steroid dienone is 2. The van der Waals surface area contributed by atoms with Crippen molar-refractivity contribution in [2.45, 2.75) is 165 Å². The van der Waals surface area contributed by atoms with Crippen LogP contribution in [0, 0.1) is 0 Å². The predicted molar refractivity (Wildman–Crippen MR) is 311 cm³/mol. The van der Waals surface area contributed by atoms with Gasteiger partial charge in [0.05, 0.1) is 0 Å². The van der Waals surface area contributed by atoms with Crippen LogP contribution >= 0.6 is 17.0 Å². The molecule has 0 saturated heterocycles. The second kappa shape index (κ2) is 19.7. The molecule has 0 nitrogen and oxygen atoms in total. The summed E-state index contributed by atoms with van der Waals surface area (Å²) in [5.74, 6) is 2.34. The van der Waals surface area contributed by atoms with Gasteiger partial charge in [0.15, 0.2) is 0 Å². The zero-order chi connectivity index (χ0) is 50.2. The molecular weight excluding hydrogens is 983 g/mol. The number of halogens is 2. The van der Waals surface area contributed by atoms with Crippen LogP contribution < -0.4 is 13.6 Å². The van der Waals surface area contributed by atoms with Gasteiger partial charge in [-0.1, -0.05) is 0 Å². The van der Waals surface area contributed by atoms with Gasteiger partial charge >= 0.3 is 437 Å². The van der Waals surface area contributed by atoms with Crippen molar-refractivity contribution in [3.63, 3.8) is 0 Å². The van der Waals surface area contributed by atoms with E-state index in [4.69, 9.17) is 0 Å². The fourth-order valence-electron chi connectivity index (χ4n) is 13.0. The third-order valence-electron chi connectivity index (χ3n) is 16.6. The summed E-state index contributed by atoms with van der Waals surface area (Å²) in [6, 6.07) is 41.2. The van der Waals surface area contributed by atoms with Crippen LogP contribution in [-0.2, 0) is 16.4 Å². The average molecular weight is 1060 g/mol. The molecular formula is C66H79Cl2SiZr. The van der Waals surface area contributed by atoms with Crippen molar-refractivity contribution in [2.24, 2.45) is 0 Å². The number of fused-ring (bicyclic) bond motifs is 5. The molecule has 0 spiro atoms. The van der Waals surface area contributed by atoms with Gasteiger partial charge < -0.3 is 0 Å². The monoisotopic (exact) mass is 1060 g/mol. The van der Waals surface area contributed by atoms with E-state index < -0.39 is 25.9 Å². The third kappa shape index (κ3) is 8.63. The van der Waals surface area contributed by atoms with Gasteiger partial charge in [-0.05, 0) is 0 Å². The van der Waals surface area contributed by atoms with Gasteiger partial charge in [0.25, 0.3) is 0 Å². The average Bonchev–Trinajstić information content (AvgIpc) is 4.02. The Labute approximate surface area is 433 Å².